The summed E-state index contributed by atoms with van der Waals surface area (Å²) in [7, 11) is 0. The van der Waals surface area contributed by atoms with Crippen LogP contribution in [0.4, 0.5) is 0 Å². The number of aliphatic hydroxyl groups excluding tert-OH is 1. The molecule has 0 fully saturated rings. The molecule has 0 bridgehead atoms. The Morgan fingerprint density at radius 2 is 1.62 bits per heavy atom. The van der Waals surface area contributed by atoms with Crippen molar-refractivity contribution < 1.29 is 14.6 Å². The van der Waals surface area contributed by atoms with E-state index in [9.17, 15) is 9.90 Å². The van der Waals surface area contributed by atoms with E-state index in [1.165, 1.54) is 0 Å². The Balaban J connectivity index is 1.82. The SMILES string of the molecule is NC(CC(O)C(=O)OCc1ccccc1)c1ccccc1. The molecule has 2 unspecified atom stereocenters. The van der Waals surface area contributed by atoms with Crippen LogP contribution in [0.2, 0.25) is 0 Å². The molecule has 0 amide bonds. The number of ether oxygens (including phenoxy) is 1. The summed E-state index contributed by atoms with van der Waals surface area (Å²) in [5.74, 6) is -0.648. The summed E-state index contributed by atoms with van der Waals surface area (Å²) in [6, 6.07) is 18.3. The van der Waals surface area contributed by atoms with Gasteiger partial charge in [-0.2, -0.15) is 0 Å². The minimum absolute atomic E-state index is 0.137. The Bertz CT molecular complexity index is 557. The van der Waals surface area contributed by atoms with E-state index in [0.717, 1.165) is 11.1 Å². The standard InChI is InChI=1S/C17H19NO3/c18-15(14-9-5-2-6-10-14)11-16(19)17(20)21-12-13-7-3-1-4-8-13/h1-10,15-16,19H,11-12,18H2. The lowest BCUT2D eigenvalue weighted by molar-refractivity contribution is -0.155. The predicted molar refractivity (Wildman–Crippen MR) is 80.2 cm³/mol. The largest absolute Gasteiger partial charge is 0.459 e. The molecule has 0 saturated heterocycles. The van der Waals surface area contributed by atoms with E-state index < -0.39 is 18.1 Å². The summed E-state index contributed by atoms with van der Waals surface area (Å²) in [6.45, 7) is 0.150. The number of carbonyl (C=O) groups excluding carboxylic acids is 1. The van der Waals surface area contributed by atoms with Crippen LogP contribution in [-0.4, -0.2) is 17.2 Å². The zero-order valence-corrected chi connectivity index (χ0v) is 11.7. The summed E-state index contributed by atoms with van der Waals surface area (Å²) in [5, 5.41) is 9.87. The molecule has 2 rings (SSSR count). The molecule has 0 aromatic heterocycles. The van der Waals surface area contributed by atoms with Crippen molar-refractivity contribution in [2.24, 2.45) is 5.73 Å². The molecule has 0 heterocycles. The molecule has 21 heavy (non-hydrogen) atoms. The minimum Gasteiger partial charge on any atom is -0.459 e. The van der Waals surface area contributed by atoms with Gasteiger partial charge in [-0.05, 0) is 11.1 Å². The van der Waals surface area contributed by atoms with Crippen LogP contribution in [0.1, 0.15) is 23.6 Å². The summed E-state index contributed by atoms with van der Waals surface area (Å²) in [5.41, 5.74) is 7.74. The maximum Gasteiger partial charge on any atom is 0.335 e. The maximum atomic E-state index is 11.8. The average molecular weight is 285 g/mol. The Hall–Kier alpha value is -2.17. The van der Waals surface area contributed by atoms with Crippen LogP contribution in [0.25, 0.3) is 0 Å². The molecular formula is C17H19NO3. The van der Waals surface area contributed by atoms with Crippen molar-refractivity contribution in [3.8, 4) is 0 Å². The smallest absolute Gasteiger partial charge is 0.335 e. The van der Waals surface area contributed by atoms with Gasteiger partial charge in [0.05, 0.1) is 0 Å². The van der Waals surface area contributed by atoms with Crippen LogP contribution in [0.5, 0.6) is 0 Å². The summed E-state index contributed by atoms with van der Waals surface area (Å²) < 4.78 is 5.08. The van der Waals surface area contributed by atoms with Crippen LogP contribution in [0, 0.1) is 0 Å². The third kappa shape index (κ3) is 4.70. The summed E-state index contributed by atoms with van der Waals surface area (Å²) in [6.07, 6.45) is -1.08. The van der Waals surface area contributed by atoms with Crippen LogP contribution in [0.15, 0.2) is 60.7 Å². The number of rotatable bonds is 6. The van der Waals surface area contributed by atoms with E-state index in [2.05, 4.69) is 0 Å². The normalized spacial score (nSPS) is 13.4. The van der Waals surface area contributed by atoms with Crippen LogP contribution in [0.3, 0.4) is 0 Å². The Labute approximate surface area is 124 Å². The number of nitrogens with two attached hydrogens (primary N) is 1. The number of carbonyl (C=O) groups is 1. The van der Waals surface area contributed by atoms with Crippen LogP contribution >= 0.6 is 0 Å². The molecule has 110 valence electrons. The van der Waals surface area contributed by atoms with Crippen molar-refractivity contribution in [1.82, 2.24) is 0 Å². The zero-order chi connectivity index (χ0) is 15.1. The maximum absolute atomic E-state index is 11.8. The van der Waals surface area contributed by atoms with Crippen LogP contribution < -0.4 is 5.73 Å². The summed E-state index contributed by atoms with van der Waals surface area (Å²) >= 11 is 0. The highest BCUT2D eigenvalue weighted by molar-refractivity contribution is 5.74. The molecule has 2 atom stereocenters. The van der Waals surface area contributed by atoms with Gasteiger partial charge in [0, 0.05) is 12.5 Å². The monoisotopic (exact) mass is 285 g/mol. The molecule has 0 radical (unpaired) electrons. The second-order valence-electron chi connectivity index (χ2n) is 4.86. The zero-order valence-electron chi connectivity index (χ0n) is 11.7. The molecule has 0 aliphatic carbocycles. The second-order valence-corrected chi connectivity index (χ2v) is 4.86. The number of esters is 1. The van der Waals surface area contributed by atoms with Gasteiger partial charge in [-0.15, -0.1) is 0 Å². The van der Waals surface area contributed by atoms with Gasteiger partial charge in [-0.1, -0.05) is 60.7 Å². The highest BCUT2D eigenvalue weighted by Gasteiger charge is 2.20. The third-order valence-corrected chi connectivity index (χ3v) is 3.20. The van der Waals surface area contributed by atoms with Gasteiger partial charge in [-0.25, -0.2) is 4.79 Å². The van der Waals surface area contributed by atoms with E-state index in [0.29, 0.717) is 0 Å². The predicted octanol–water partition coefficient (Wildman–Crippen LogP) is 2.18. The second kappa shape index (κ2) is 7.57. The van der Waals surface area contributed by atoms with Crippen LogP contribution in [-0.2, 0) is 16.1 Å². The fourth-order valence-corrected chi connectivity index (χ4v) is 2.00. The van der Waals surface area contributed by atoms with E-state index in [1.807, 2.05) is 60.7 Å². The quantitative estimate of drug-likeness (QED) is 0.798. The lowest BCUT2D eigenvalue weighted by atomic mass is 10.0. The van der Waals surface area contributed by atoms with Crippen molar-refractivity contribution in [3.63, 3.8) is 0 Å². The highest BCUT2D eigenvalue weighted by atomic mass is 16.5. The van der Waals surface area contributed by atoms with E-state index in [1.54, 1.807) is 0 Å². The van der Waals surface area contributed by atoms with Crippen molar-refractivity contribution >= 4 is 5.97 Å². The molecule has 0 aliphatic rings. The molecule has 4 heteroatoms. The molecular weight excluding hydrogens is 266 g/mol. The molecule has 0 spiro atoms. The number of hydrogen-bond acceptors (Lipinski definition) is 4. The number of benzene rings is 2. The van der Waals surface area contributed by atoms with Crippen molar-refractivity contribution in [3.05, 3.63) is 71.8 Å². The van der Waals surface area contributed by atoms with Gasteiger partial charge in [0.1, 0.15) is 6.61 Å². The molecule has 2 aromatic carbocycles. The molecule has 2 aromatic rings. The van der Waals surface area contributed by atoms with E-state index in [4.69, 9.17) is 10.5 Å². The molecule has 3 N–H and O–H groups in total. The number of aliphatic hydroxyl groups is 1. The lowest BCUT2D eigenvalue weighted by Gasteiger charge is -2.16. The first kappa shape index (κ1) is 15.2. The molecule has 0 saturated carbocycles. The first-order chi connectivity index (χ1) is 10.2. The summed E-state index contributed by atoms with van der Waals surface area (Å²) in [4.78, 5) is 11.8. The van der Waals surface area contributed by atoms with Gasteiger partial charge in [0.25, 0.3) is 0 Å². The fourth-order valence-electron chi connectivity index (χ4n) is 2.00. The first-order valence-electron chi connectivity index (χ1n) is 6.86. The number of hydrogen-bond donors (Lipinski definition) is 2. The third-order valence-electron chi connectivity index (χ3n) is 3.20. The highest BCUT2D eigenvalue weighted by Crippen LogP contribution is 2.16. The fraction of sp³-hybridized carbons (Fsp3) is 0.235. The van der Waals surface area contributed by atoms with Gasteiger partial charge in [0.2, 0.25) is 0 Å². The first-order valence-corrected chi connectivity index (χ1v) is 6.86. The van der Waals surface area contributed by atoms with Gasteiger partial charge >= 0.3 is 5.97 Å². The minimum atomic E-state index is -1.22. The van der Waals surface area contributed by atoms with Gasteiger partial charge < -0.3 is 15.6 Å². The Morgan fingerprint density at radius 3 is 2.24 bits per heavy atom. The van der Waals surface area contributed by atoms with Crippen molar-refractivity contribution in [1.29, 1.82) is 0 Å². The van der Waals surface area contributed by atoms with E-state index >= 15 is 0 Å². The molecule has 0 aliphatic heterocycles. The lowest BCUT2D eigenvalue weighted by Crippen LogP contribution is -2.27. The van der Waals surface area contributed by atoms with E-state index in [-0.39, 0.29) is 13.0 Å². The molecule has 4 nitrogen and oxygen atoms in total. The van der Waals surface area contributed by atoms with Crippen molar-refractivity contribution in [2.45, 2.75) is 25.2 Å². The topological polar surface area (TPSA) is 72.5 Å². The Morgan fingerprint density at radius 1 is 1.05 bits per heavy atom. The Kier molecular flexibility index (Phi) is 5.49. The van der Waals surface area contributed by atoms with Crippen molar-refractivity contribution in [2.75, 3.05) is 0 Å². The van der Waals surface area contributed by atoms with Gasteiger partial charge in [-0.3, -0.25) is 0 Å². The average Bonchev–Trinajstić information content (AvgIpc) is 2.54. The van der Waals surface area contributed by atoms with Gasteiger partial charge in [0.15, 0.2) is 6.10 Å².